The van der Waals surface area contributed by atoms with Gasteiger partial charge in [0, 0.05) is 18.8 Å². The van der Waals surface area contributed by atoms with E-state index >= 15 is 0 Å². The number of carbonyl (C=O) groups excluding carboxylic acids is 1. The molecule has 114 valence electrons. The number of carbonyl (C=O) groups is 1. The third-order valence-corrected chi connectivity index (χ3v) is 4.87. The van der Waals surface area contributed by atoms with Gasteiger partial charge in [0.15, 0.2) is 0 Å². The highest BCUT2D eigenvalue weighted by Gasteiger charge is 2.37. The van der Waals surface area contributed by atoms with Crippen LogP contribution in [0, 0.1) is 12.8 Å². The van der Waals surface area contributed by atoms with Gasteiger partial charge in [-0.05, 0) is 57.3 Å². The highest BCUT2D eigenvalue weighted by Crippen LogP contribution is 2.27. The molecule has 0 aromatic heterocycles. The van der Waals surface area contributed by atoms with Crippen LogP contribution in [0.5, 0.6) is 0 Å². The van der Waals surface area contributed by atoms with Gasteiger partial charge in [0.2, 0.25) is 5.91 Å². The first-order chi connectivity index (χ1) is 10.2. The van der Waals surface area contributed by atoms with E-state index in [1.807, 2.05) is 17.0 Å². The van der Waals surface area contributed by atoms with E-state index in [0.29, 0.717) is 5.92 Å². The van der Waals surface area contributed by atoms with Crippen LogP contribution in [-0.2, 0) is 4.79 Å². The van der Waals surface area contributed by atoms with Crippen molar-refractivity contribution in [1.82, 2.24) is 4.90 Å². The molecule has 1 atom stereocenters. The Balaban J connectivity index is 1.65. The largest absolute Gasteiger partial charge is 0.396 e. The highest BCUT2D eigenvalue weighted by atomic mass is 16.3. The average Bonchev–Trinajstić information content (AvgIpc) is 2.90. The number of piperidine rings is 1. The molecular weight excluding hydrogens is 264 g/mol. The monoisotopic (exact) mass is 288 g/mol. The van der Waals surface area contributed by atoms with Gasteiger partial charge in [0.05, 0.1) is 6.04 Å². The van der Waals surface area contributed by atoms with E-state index in [0.717, 1.165) is 44.6 Å². The SMILES string of the molecule is Cc1ccc(N2CCC(N3CCC(CO)CC3)C2=O)cc1. The van der Waals surface area contributed by atoms with Crippen LogP contribution in [0.3, 0.4) is 0 Å². The highest BCUT2D eigenvalue weighted by molar-refractivity contribution is 5.99. The first-order valence-electron chi connectivity index (χ1n) is 7.92. The standard InChI is InChI=1S/C17H24N2O2/c1-13-2-4-15(5-3-13)19-11-8-16(17(19)21)18-9-6-14(12-20)7-10-18/h2-5,14,16,20H,6-12H2,1H3. The summed E-state index contributed by atoms with van der Waals surface area (Å²) < 4.78 is 0. The van der Waals surface area contributed by atoms with Gasteiger partial charge >= 0.3 is 0 Å². The zero-order valence-corrected chi connectivity index (χ0v) is 12.7. The number of aliphatic hydroxyl groups is 1. The fourth-order valence-electron chi connectivity index (χ4n) is 3.43. The van der Waals surface area contributed by atoms with Crippen LogP contribution < -0.4 is 4.90 Å². The molecule has 2 aliphatic heterocycles. The minimum Gasteiger partial charge on any atom is -0.396 e. The summed E-state index contributed by atoms with van der Waals surface area (Å²) in [6.07, 6.45) is 2.92. The number of hydrogen-bond donors (Lipinski definition) is 1. The number of aryl methyl sites for hydroxylation is 1. The molecule has 2 aliphatic rings. The quantitative estimate of drug-likeness (QED) is 0.922. The summed E-state index contributed by atoms with van der Waals surface area (Å²) in [5.41, 5.74) is 2.23. The molecule has 21 heavy (non-hydrogen) atoms. The zero-order valence-electron chi connectivity index (χ0n) is 12.7. The zero-order chi connectivity index (χ0) is 14.8. The lowest BCUT2D eigenvalue weighted by Gasteiger charge is -2.34. The van der Waals surface area contributed by atoms with Crippen LogP contribution in [0.25, 0.3) is 0 Å². The number of nitrogens with zero attached hydrogens (tertiary/aromatic N) is 2. The van der Waals surface area contributed by atoms with E-state index in [1.165, 1.54) is 5.56 Å². The lowest BCUT2D eigenvalue weighted by Crippen LogP contribution is -2.46. The molecule has 1 aromatic rings. The van der Waals surface area contributed by atoms with Gasteiger partial charge in [-0.1, -0.05) is 17.7 Å². The average molecular weight is 288 g/mol. The Morgan fingerprint density at radius 3 is 2.38 bits per heavy atom. The molecule has 1 amide bonds. The van der Waals surface area contributed by atoms with Crippen molar-refractivity contribution >= 4 is 11.6 Å². The molecule has 0 bridgehead atoms. The van der Waals surface area contributed by atoms with Crippen molar-refractivity contribution in [3.05, 3.63) is 29.8 Å². The van der Waals surface area contributed by atoms with Crippen LogP contribution in [0.4, 0.5) is 5.69 Å². The second kappa shape index (κ2) is 6.16. The van der Waals surface area contributed by atoms with Gasteiger partial charge in [0.25, 0.3) is 0 Å². The van der Waals surface area contributed by atoms with Crippen molar-refractivity contribution in [2.24, 2.45) is 5.92 Å². The maximum absolute atomic E-state index is 12.7. The van der Waals surface area contributed by atoms with Crippen LogP contribution in [-0.4, -0.2) is 48.2 Å². The molecule has 0 aliphatic carbocycles. The molecule has 4 nitrogen and oxygen atoms in total. The molecule has 3 rings (SSSR count). The second-order valence-electron chi connectivity index (χ2n) is 6.29. The third kappa shape index (κ3) is 2.97. The molecule has 1 unspecified atom stereocenters. The van der Waals surface area contributed by atoms with Crippen molar-refractivity contribution in [3.63, 3.8) is 0 Å². The Labute approximate surface area is 126 Å². The molecule has 4 heteroatoms. The molecule has 1 N–H and O–H groups in total. The Kier molecular flexibility index (Phi) is 4.27. The molecule has 0 saturated carbocycles. The van der Waals surface area contributed by atoms with Gasteiger partial charge in [-0.3, -0.25) is 9.69 Å². The number of benzene rings is 1. The summed E-state index contributed by atoms with van der Waals surface area (Å²) in [6, 6.07) is 8.22. The van der Waals surface area contributed by atoms with E-state index in [2.05, 4.69) is 24.0 Å². The Bertz CT molecular complexity index is 492. The summed E-state index contributed by atoms with van der Waals surface area (Å²) in [5.74, 6) is 0.659. The molecule has 0 spiro atoms. The van der Waals surface area contributed by atoms with Crippen molar-refractivity contribution in [3.8, 4) is 0 Å². The number of rotatable bonds is 3. The summed E-state index contributed by atoms with van der Waals surface area (Å²) in [4.78, 5) is 16.9. The van der Waals surface area contributed by atoms with E-state index in [4.69, 9.17) is 0 Å². The smallest absolute Gasteiger partial charge is 0.244 e. The number of likely N-dealkylation sites (tertiary alicyclic amines) is 1. The first-order valence-corrected chi connectivity index (χ1v) is 7.92. The summed E-state index contributed by atoms with van der Waals surface area (Å²) in [6.45, 7) is 5.02. The second-order valence-corrected chi connectivity index (χ2v) is 6.29. The van der Waals surface area contributed by atoms with Crippen molar-refractivity contribution in [2.75, 3.05) is 31.1 Å². The van der Waals surface area contributed by atoms with Crippen molar-refractivity contribution in [2.45, 2.75) is 32.2 Å². The molecule has 1 aromatic carbocycles. The number of aliphatic hydroxyl groups excluding tert-OH is 1. The molecule has 2 heterocycles. The lowest BCUT2D eigenvalue weighted by atomic mass is 9.96. The minimum atomic E-state index is 0.0333. The molecule has 2 saturated heterocycles. The van der Waals surface area contributed by atoms with Gasteiger partial charge in [-0.25, -0.2) is 0 Å². The lowest BCUT2D eigenvalue weighted by molar-refractivity contribution is -0.122. The normalized spacial score (nSPS) is 24.8. The summed E-state index contributed by atoms with van der Waals surface area (Å²) in [7, 11) is 0. The van der Waals surface area contributed by atoms with Crippen LogP contribution >= 0.6 is 0 Å². The van der Waals surface area contributed by atoms with Crippen molar-refractivity contribution in [1.29, 1.82) is 0 Å². The molecule has 2 fully saturated rings. The molecule has 0 radical (unpaired) electrons. The topological polar surface area (TPSA) is 43.8 Å². The van der Waals surface area contributed by atoms with Crippen LogP contribution in [0.1, 0.15) is 24.8 Å². The Morgan fingerprint density at radius 1 is 1.10 bits per heavy atom. The maximum atomic E-state index is 12.7. The predicted molar refractivity (Wildman–Crippen MR) is 83.3 cm³/mol. The summed E-state index contributed by atoms with van der Waals surface area (Å²) >= 11 is 0. The van der Waals surface area contributed by atoms with Crippen LogP contribution in [0.2, 0.25) is 0 Å². The maximum Gasteiger partial charge on any atom is 0.244 e. The fourth-order valence-corrected chi connectivity index (χ4v) is 3.43. The van der Waals surface area contributed by atoms with E-state index < -0.39 is 0 Å². The minimum absolute atomic E-state index is 0.0333. The van der Waals surface area contributed by atoms with Gasteiger partial charge in [-0.2, -0.15) is 0 Å². The first kappa shape index (κ1) is 14.5. The number of hydrogen-bond acceptors (Lipinski definition) is 3. The van der Waals surface area contributed by atoms with E-state index in [1.54, 1.807) is 0 Å². The van der Waals surface area contributed by atoms with Gasteiger partial charge in [0.1, 0.15) is 0 Å². The third-order valence-electron chi connectivity index (χ3n) is 4.87. The van der Waals surface area contributed by atoms with E-state index in [-0.39, 0.29) is 18.6 Å². The number of anilines is 1. The predicted octanol–water partition coefficient (Wildman–Crippen LogP) is 1.80. The van der Waals surface area contributed by atoms with Crippen LogP contribution in [0.15, 0.2) is 24.3 Å². The number of amides is 1. The van der Waals surface area contributed by atoms with E-state index in [9.17, 15) is 9.90 Å². The Hall–Kier alpha value is -1.39. The van der Waals surface area contributed by atoms with Crippen molar-refractivity contribution < 1.29 is 9.90 Å². The summed E-state index contributed by atoms with van der Waals surface area (Å²) in [5, 5.41) is 9.21. The van der Waals surface area contributed by atoms with Gasteiger partial charge in [-0.15, -0.1) is 0 Å². The Morgan fingerprint density at radius 2 is 1.76 bits per heavy atom. The van der Waals surface area contributed by atoms with Gasteiger partial charge < -0.3 is 10.0 Å². The fraction of sp³-hybridized carbons (Fsp3) is 0.588. The molecular formula is C17H24N2O2.